The Morgan fingerprint density at radius 1 is 1.55 bits per heavy atom. The van der Waals surface area contributed by atoms with Crippen molar-refractivity contribution < 1.29 is 0 Å². The van der Waals surface area contributed by atoms with E-state index in [-0.39, 0.29) is 0 Å². The SMILES string of the molecule is NCc1nc2c(s1)CSCC2. The first-order valence-electron chi connectivity index (χ1n) is 3.65. The fourth-order valence-electron chi connectivity index (χ4n) is 1.17. The van der Waals surface area contributed by atoms with Crippen LogP contribution in [0.15, 0.2) is 0 Å². The second kappa shape index (κ2) is 3.13. The highest BCUT2D eigenvalue weighted by Crippen LogP contribution is 2.28. The highest BCUT2D eigenvalue weighted by molar-refractivity contribution is 7.98. The number of thioether (sulfide) groups is 1. The summed E-state index contributed by atoms with van der Waals surface area (Å²) in [5, 5.41) is 1.09. The number of nitrogens with two attached hydrogens (primary N) is 1. The molecule has 1 aliphatic rings. The number of hydrogen-bond acceptors (Lipinski definition) is 4. The Balaban J connectivity index is 2.32. The number of fused-ring (bicyclic) bond motifs is 1. The van der Waals surface area contributed by atoms with Gasteiger partial charge in [0.15, 0.2) is 0 Å². The topological polar surface area (TPSA) is 38.9 Å². The Labute approximate surface area is 74.2 Å². The van der Waals surface area contributed by atoms with Gasteiger partial charge >= 0.3 is 0 Å². The van der Waals surface area contributed by atoms with Gasteiger partial charge in [-0.1, -0.05) is 0 Å². The van der Waals surface area contributed by atoms with Gasteiger partial charge in [-0.15, -0.1) is 11.3 Å². The molecule has 0 amide bonds. The fraction of sp³-hybridized carbons (Fsp3) is 0.571. The van der Waals surface area contributed by atoms with Crippen LogP contribution >= 0.6 is 23.1 Å². The lowest BCUT2D eigenvalue weighted by Crippen LogP contribution is -2.00. The molecule has 1 aromatic heterocycles. The van der Waals surface area contributed by atoms with Crippen molar-refractivity contribution in [3.05, 3.63) is 15.6 Å². The van der Waals surface area contributed by atoms with Crippen LogP contribution in [-0.2, 0) is 18.7 Å². The minimum Gasteiger partial charge on any atom is -0.325 e. The molecule has 0 aromatic carbocycles. The first-order chi connectivity index (χ1) is 5.40. The third-order valence-corrected chi connectivity index (χ3v) is 4.00. The predicted molar refractivity (Wildman–Crippen MR) is 49.9 cm³/mol. The smallest absolute Gasteiger partial charge is 0.107 e. The van der Waals surface area contributed by atoms with Gasteiger partial charge in [0.25, 0.3) is 0 Å². The zero-order valence-corrected chi connectivity index (χ0v) is 7.80. The van der Waals surface area contributed by atoms with E-state index in [4.69, 9.17) is 5.73 Å². The van der Waals surface area contributed by atoms with Gasteiger partial charge in [0.05, 0.1) is 5.69 Å². The normalized spacial score (nSPS) is 16.5. The van der Waals surface area contributed by atoms with Crippen molar-refractivity contribution in [2.24, 2.45) is 5.73 Å². The van der Waals surface area contributed by atoms with E-state index in [2.05, 4.69) is 4.98 Å². The summed E-state index contributed by atoms with van der Waals surface area (Å²) in [6, 6.07) is 0. The number of nitrogens with zero attached hydrogens (tertiary/aromatic N) is 1. The standard InChI is InChI=1S/C7H10N2S2/c8-3-7-9-5-1-2-10-4-6(5)11-7/h1-4,8H2. The average molecular weight is 186 g/mol. The molecule has 60 valence electrons. The van der Waals surface area contributed by atoms with Crippen molar-refractivity contribution in [3.8, 4) is 0 Å². The first-order valence-corrected chi connectivity index (χ1v) is 5.62. The van der Waals surface area contributed by atoms with E-state index in [0.29, 0.717) is 6.54 Å². The molecule has 0 unspecified atom stereocenters. The Morgan fingerprint density at radius 2 is 2.45 bits per heavy atom. The van der Waals surface area contributed by atoms with E-state index in [1.165, 1.54) is 16.3 Å². The van der Waals surface area contributed by atoms with E-state index in [9.17, 15) is 0 Å². The van der Waals surface area contributed by atoms with Gasteiger partial charge in [-0.3, -0.25) is 0 Å². The summed E-state index contributed by atoms with van der Waals surface area (Å²) in [7, 11) is 0. The van der Waals surface area contributed by atoms with Crippen LogP contribution in [0.1, 0.15) is 15.6 Å². The molecular formula is C7H10N2S2. The van der Waals surface area contributed by atoms with Crippen LogP contribution in [0.2, 0.25) is 0 Å². The summed E-state index contributed by atoms with van der Waals surface area (Å²) in [5.74, 6) is 2.37. The zero-order valence-electron chi connectivity index (χ0n) is 6.17. The van der Waals surface area contributed by atoms with E-state index < -0.39 is 0 Å². The molecule has 2 N–H and O–H groups in total. The Bertz CT molecular complexity index is 233. The molecule has 0 spiro atoms. The molecule has 4 heteroatoms. The molecule has 11 heavy (non-hydrogen) atoms. The largest absolute Gasteiger partial charge is 0.325 e. The van der Waals surface area contributed by atoms with Crippen LogP contribution in [0.5, 0.6) is 0 Å². The number of rotatable bonds is 1. The van der Waals surface area contributed by atoms with Crippen LogP contribution in [0.3, 0.4) is 0 Å². The lowest BCUT2D eigenvalue weighted by molar-refractivity contribution is 0.968. The quantitative estimate of drug-likeness (QED) is 0.720. The van der Waals surface area contributed by atoms with Gasteiger partial charge < -0.3 is 5.73 Å². The maximum absolute atomic E-state index is 5.50. The molecule has 0 aliphatic carbocycles. The molecule has 0 bridgehead atoms. The van der Waals surface area contributed by atoms with E-state index in [1.807, 2.05) is 11.8 Å². The maximum atomic E-state index is 5.50. The summed E-state index contributed by atoms with van der Waals surface area (Å²) < 4.78 is 0. The second-order valence-electron chi connectivity index (χ2n) is 2.48. The molecule has 1 aromatic rings. The summed E-state index contributed by atoms with van der Waals surface area (Å²) in [6.45, 7) is 0.600. The Morgan fingerprint density at radius 3 is 3.18 bits per heavy atom. The molecule has 0 saturated carbocycles. The van der Waals surface area contributed by atoms with Gasteiger partial charge in [0.1, 0.15) is 5.01 Å². The van der Waals surface area contributed by atoms with Crippen molar-refractivity contribution in [1.29, 1.82) is 0 Å². The maximum Gasteiger partial charge on any atom is 0.107 e. The minimum atomic E-state index is 0.600. The van der Waals surface area contributed by atoms with Gasteiger partial charge in [0.2, 0.25) is 0 Å². The van der Waals surface area contributed by atoms with E-state index >= 15 is 0 Å². The Hall–Kier alpha value is -0.0600. The van der Waals surface area contributed by atoms with Crippen LogP contribution in [0, 0.1) is 0 Å². The van der Waals surface area contributed by atoms with Crippen molar-refractivity contribution in [2.75, 3.05) is 5.75 Å². The molecule has 0 radical (unpaired) electrons. The number of thiazole rings is 1. The van der Waals surface area contributed by atoms with Gasteiger partial charge in [-0.2, -0.15) is 11.8 Å². The van der Waals surface area contributed by atoms with E-state index in [1.54, 1.807) is 11.3 Å². The summed E-state index contributed by atoms with van der Waals surface area (Å²) >= 11 is 3.77. The molecular weight excluding hydrogens is 176 g/mol. The van der Waals surface area contributed by atoms with Crippen molar-refractivity contribution in [2.45, 2.75) is 18.7 Å². The van der Waals surface area contributed by atoms with Gasteiger partial charge in [-0.05, 0) is 12.2 Å². The molecule has 0 atom stereocenters. The molecule has 2 nitrogen and oxygen atoms in total. The van der Waals surface area contributed by atoms with Crippen LogP contribution in [0.4, 0.5) is 0 Å². The minimum absolute atomic E-state index is 0.600. The number of aryl methyl sites for hydroxylation is 1. The monoisotopic (exact) mass is 186 g/mol. The Kier molecular flexibility index (Phi) is 2.16. The van der Waals surface area contributed by atoms with Crippen molar-refractivity contribution in [1.82, 2.24) is 4.98 Å². The molecule has 1 aliphatic heterocycles. The summed E-state index contributed by atoms with van der Waals surface area (Å²) in [4.78, 5) is 5.90. The lowest BCUT2D eigenvalue weighted by atomic mass is 10.3. The van der Waals surface area contributed by atoms with Crippen LogP contribution in [-0.4, -0.2) is 10.7 Å². The first kappa shape index (κ1) is 7.58. The third-order valence-electron chi connectivity index (χ3n) is 1.71. The van der Waals surface area contributed by atoms with Crippen LogP contribution < -0.4 is 5.73 Å². The molecule has 2 rings (SSSR count). The highest BCUT2D eigenvalue weighted by Gasteiger charge is 2.13. The summed E-state index contributed by atoms with van der Waals surface area (Å²) in [5.41, 5.74) is 6.80. The second-order valence-corrected chi connectivity index (χ2v) is 4.76. The van der Waals surface area contributed by atoms with Crippen molar-refractivity contribution >= 4 is 23.1 Å². The predicted octanol–water partition coefficient (Wildman–Crippen LogP) is 1.39. The zero-order chi connectivity index (χ0) is 7.68. The summed E-state index contributed by atoms with van der Waals surface area (Å²) in [6.07, 6.45) is 1.14. The van der Waals surface area contributed by atoms with Gasteiger partial charge in [-0.25, -0.2) is 4.98 Å². The van der Waals surface area contributed by atoms with Crippen molar-refractivity contribution in [3.63, 3.8) is 0 Å². The fourth-order valence-corrected chi connectivity index (χ4v) is 3.27. The van der Waals surface area contributed by atoms with Gasteiger partial charge in [0, 0.05) is 17.2 Å². The molecule has 0 saturated heterocycles. The number of aromatic nitrogens is 1. The average Bonchev–Trinajstić information content (AvgIpc) is 2.46. The third kappa shape index (κ3) is 1.43. The van der Waals surface area contributed by atoms with E-state index in [0.717, 1.165) is 17.2 Å². The van der Waals surface area contributed by atoms with Crippen LogP contribution in [0.25, 0.3) is 0 Å². The number of hydrogen-bond donors (Lipinski definition) is 1. The molecule has 0 fully saturated rings. The molecule has 2 heterocycles. The lowest BCUT2D eigenvalue weighted by Gasteiger charge is -2.06. The highest BCUT2D eigenvalue weighted by atomic mass is 32.2.